The van der Waals surface area contributed by atoms with Crippen LogP contribution in [0.5, 0.6) is 5.75 Å². The van der Waals surface area contributed by atoms with Crippen molar-refractivity contribution in [2.75, 3.05) is 7.11 Å². The molecule has 6 nitrogen and oxygen atoms in total. The number of halogens is 2. The van der Waals surface area contributed by atoms with Crippen LogP contribution in [0, 0.1) is 0 Å². The highest BCUT2D eigenvalue weighted by Crippen LogP contribution is 2.29. The first-order valence-electron chi connectivity index (χ1n) is 7.23. The molecule has 3 rings (SSSR count). The summed E-state index contributed by atoms with van der Waals surface area (Å²) in [5.74, 6) is 0.738. The zero-order valence-electron chi connectivity index (χ0n) is 13.1. The van der Waals surface area contributed by atoms with Crippen LogP contribution in [-0.2, 0) is 11.4 Å². The lowest BCUT2D eigenvalue weighted by Crippen LogP contribution is -2.10. The van der Waals surface area contributed by atoms with Gasteiger partial charge in [0.05, 0.1) is 5.02 Å². The molecule has 2 aromatic carbocycles. The van der Waals surface area contributed by atoms with Crippen molar-refractivity contribution in [2.45, 2.75) is 6.61 Å². The first-order valence-corrected chi connectivity index (χ1v) is 7.98. The van der Waals surface area contributed by atoms with Gasteiger partial charge in [0, 0.05) is 16.7 Å². The molecule has 0 spiro atoms. The molecule has 0 aliphatic rings. The van der Waals surface area contributed by atoms with Gasteiger partial charge in [-0.25, -0.2) is 0 Å². The summed E-state index contributed by atoms with van der Waals surface area (Å²) in [5.41, 5.74) is 2.00. The summed E-state index contributed by atoms with van der Waals surface area (Å²) in [5, 5.41) is 12.6. The van der Waals surface area contributed by atoms with Crippen LogP contribution in [0.1, 0.15) is 17.0 Å². The first-order chi connectivity index (χ1) is 12.2. The highest BCUT2D eigenvalue weighted by Gasteiger charge is 2.17. The molecule has 0 atom stereocenters. The second-order valence-electron chi connectivity index (χ2n) is 4.89. The molecular weight excluding hydrogens is 365 g/mol. The number of hydrogen-bond donors (Lipinski definition) is 0. The van der Waals surface area contributed by atoms with Gasteiger partial charge in [0.1, 0.15) is 19.5 Å². The predicted molar refractivity (Wildman–Crippen MR) is 94.2 cm³/mol. The van der Waals surface area contributed by atoms with Crippen molar-refractivity contribution in [1.29, 1.82) is 0 Å². The molecule has 0 amide bonds. The molecule has 0 N–H and O–H groups in total. The van der Waals surface area contributed by atoms with Crippen LogP contribution in [0.25, 0.3) is 0 Å². The molecular formula is C17H13Cl2N3O3. The average molecular weight is 378 g/mol. The Morgan fingerprint density at radius 1 is 1.20 bits per heavy atom. The third-order valence-corrected chi connectivity index (χ3v) is 3.84. The molecule has 128 valence electrons. The summed E-state index contributed by atoms with van der Waals surface area (Å²) in [7, 11) is 1.45. The fraction of sp³-hybridized carbons (Fsp3) is 0.118. The van der Waals surface area contributed by atoms with Gasteiger partial charge in [0.15, 0.2) is 5.71 Å². The Labute approximate surface area is 154 Å². The molecule has 0 aliphatic heterocycles. The van der Waals surface area contributed by atoms with Crippen molar-refractivity contribution in [3.05, 3.63) is 75.9 Å². The van der Waals surface area contributed by atoms with Gasteiger partial charge < -0.3 is 14.0 Å². The second-order valence-corrected chi connectivity index (χ2v) is 5.73. The molecule has 0 unspecified atom stereocenters. The van der Waals surface area contributed by atoms with E-state index in [1.165, 1.54) is 13.5 Å². The maximum atomic E-state index is 6.14. The van der Waals surface area contributed by atoms with E-state index in [4.69, 9.17) is 37.2 Å². The Morgan fingerprint density at radius 3 is 2.80 bits per heavy atom. The first kappa shape index (κ1) is 17.3. The number of ether oxygens (including phenoxy) is 1. The molecule has 0 fully saturated rings. The molecule has 25 heavy (non-hydrogen) atoms. The monoisotopic (exact) mass is 377 g/mol. The second kappa shape index (κ2) is 8.00. The van der Waals surface area contributed by atoms with Gasteiger partial charge in [-0.2, -0.15) is 0 Å². The Bertz CT molecular complexity index is 883. The zero-order chi connectivity index (χ0) is 17.6. The van der Waals surface area contributed by atoms with Gasteiger partial charge in [-0.3, -0.25) is 0 Å². The minimum atomic E-state index is 0.243. The molecule has 1 aromatic heterocycles. The van der Waals surface area contributed by atoms with E-state index in [9.17, 15) is 0 Å². The van der Waals surface area contributed by atoms with Crippen LogP contribution in [0.3, 0.4) is 0 Å². The molecule has 0 bridgehead atoms. The molecule has 0 aliphatic carbocycles. The Kier molecular flexibility index (Phi) is 5.53. The van der Waals surface area contributed by atoms with E-state index >= 15 is 0 Å². The summed E-state index contributed by atoms with van der Waals surface area (Å²) in [6, 6.07) is 12.6. The molecule has 3 aromatic rings. The lowest BCUT2D eigenvalue weighted by atomic mass is 10.0. The zero-order valence-corrected chi connectivity index (χ0v) is 14.7. The van der Waals surface area contributed by atoms with Crippen LogP contribution in [0.15, 0.2) is 58.4 Å². The third-order valence-electron chi connectivity index (χ3n) is 3.29. The highest BCUT2D eigenvalue weighted by atomic mass is 35.5. The molecule has 0 radical (unpaired) electrons. The van der Waals surface area contributed by atoms with Crippen molar-refractivity contribution >= 4 is 28.9 Å². The SMILES string of the molecule is CO/N=C(/c1nnco1)c1ccccc1COc1cc(Cl)ccc1Cl. The maximum absolute atomic E-state index is 6.14. The number of aromatic nitrogens is 2. The lowest BCUT2D eigenvalue weighted by molar-refractivity contribution is 0.213. The average Bonchev–Trinajstić information content (AvgIpc) is 3.15. The third kappa shape index (κ3) is 4.10. The minimum absolute atomic E-state index is 0.243. The minimum Gasteiger partial charge on any atom is -0.487 e. The number of hydrogen-bond acceptors (Lipinski definition) is 6. The van der Waals surface area contributed by atoms with E-state index in [1.807, 2.05) is 24.3 Å². The predicted octanol–water partition coefficient (Wildman–Crippen LogP) is 4.35. The summed E-state index contributed by atoms with van der Waals surface area (Å²) in [6.45, 7) is 0.243. The molecule has 8 heteroatoms. The van der Waals surface area contributed by atoms with Crippen molar-refractivity contribution in [2.24, 2.45) is 5.16 Å². The maximum Gasteiger partial charge on any atom is 0.270 e. The van der Waals surface area contributed by atoms with Crippen LogP contribution in [0.4, 0.5) is 0 Å². The number of oxime groups is 1. The van der Waals surface area contributed by atoms with E-state index in [0.717, 1.165) is 11.1 Å². The number of benzene rings is 2. The summed E-state index contributed by atoms with van der Waals surface area (Å²) < 4.78 is 11.1. The molecule has 0 saturated heterocycles. The fourth-order valence-electron chi connectivity index (χ4n) is 2.19. The van der Waals surface area contributed by atoms with Crippen LogP contribution < -0.4 is 4.74 Å². The fourth-order valence-corrected chi connectivity index (χ4v) is 2.53. The van der Waals surface area contributed by atoms with Gasteiger partial charge >= 0.3 is 0 Å². The lowest BCUT2D eigenvalue weighted by Gasteiger charge is -2.12. The van der Waals surface area contributed by atoms with Crippen molar-refractivity contribution in [3.63, 3.8) is 0 Å². The van der Waals surface area contributed by atoms with E-state index in [0.29, 0.717) is 21.5 Å². The van der Waals surface area contributed by atoms with E-state index < -0.39 is 0 Å². The highest BCUT2D eigenvalue weighted by molar-refractivity contribution is 6.34. The molecule has 1 heterocycles. The van der Waals surface area contributed by atoms with Gasteiger partial charge in [0.2, 0.25) is 6.39 Å². The Hall–Kier alpha value is -2.57. The summed E-state index contributed by atoms with van der Waals surface area (Å²) in [4.78, 5) is 4.92. The number of nitrogens with zero attached hydrogens (tertiary/aromatic N) is 3. The van der Waals surface area contributed by atoms with Crippen molar-refractivity contribution in [3.8, 4) is 5.75 Å². The van der Waals surface area contributed by atoms with Gasteiger partial charge in [-0.1, -0.05) is 52.6 Å². The molecule has 0 saturated carbocycles. The quantitative estimate of drug-likeness (QED) is 0.471. The standard InChI is InChI=1S/C17H13Cl2N3O3/c1-23-22-16(17-21-20-10-25-17)13-5-3-2-4-11(13)9-24-15-8-12(18)6-7-14(15)19/h2-8,10H,9H2,1H3/b22-16+. The Morgan fingerprint density at radius 2 is 2.04 bits per heavy atom. The van der Waals surface area contributed by atoms with Gasteiger partial charge in [-0.05, 0) is 17.7 Å². The summed E-state index contributed by atoms with van der Waals surface area (Å²) >= 11 is 12.1. The normalized spacial score (nSPS) is 11.4. The number of rotatable bonds is 6. The van der Waals surface area contributed by atoms with E-state index in [-0.39, 0.29) is 12.5 Å². The van der Waals surface area contributed by atoms with E-state index in [1.54, 1.807) is 18.2 Å². The summed E-state index contributed by atoms with van der Waals surface area (Å²) in [6.07, 6.45) is 1.23. The largest absolute Gasteiger partial charge is 0.487 e. The van der Waals surface area contributed by atoms with Gasteiger partial charge in [0.25, 0.3) is 5.89 Å². The van der Waals surface area contributed by atoms with E-state index in [2.05, 4.69) is 15.4 Å². The van der Waals surface area contributed by atoms with Crippen LogP contribution in [0.2, 0.25) is 10.0 Å². The van der Waals surface area contributed by atoms with Crippen molar-refractivity contribution in [1.82, 2.24) is 10.2 Å². The van der Waals surface area contributed by atoms with Crippen molar-refractivity contribution < 1.29 is 14.0 Å². The van der Waals surface area contributed by atoms with Crippen LogP contribution in [-0.4, -0.2) is 23.0 Å². The van der Waals surface area contributed by atoms with Gasteiger partial charge in [-0.15, -0.1) is 10.2 Å². The topological polar surface area (TPSA) is 69.7 Å². The smallest absolute Gasteiger partial charge is 0.270 e. The van der Waals surface area contributed by atoms with Crippen LogP contribution >= 0.6 is 23.2 Å². The Balaban J connectivity index is 1.90.